The van der Waals surface area contributed by atoms with Crippen LogP contribution >= 0.6 is 11.6 Å². The third kappa shape index (κ3) is 3.70. The molecule has 0 spiro atoms. The minimum atomic E-state index is -4.43. The topological polar surface area (TPSA) is 65.8 Å². The van der Waals surface area contributed by atoms with Crippen molar-refractivity contribution in [1.29, 1.82) is 0 Å². The molecule has 0 saturated heterocycles. The molecule has 2 heterocycles. The van der Waals surface area contributed by atoms with E-state index in [4.69, 9.17) is 17.3 Å². The maximum Gasteiger partial charge on any atom is 0.416 e. The van der Waals surface area contributed by atoms with Gasteiger partial charge in [0.05, 0.1) is 28.1 Å². The van der Waals surface area contributed by atoms with Gasteiger partial charge in [0.2, 0.25) is 5.91 Å². The average molecular weight is 445 g/mol. The Kier molecular flexibility index (Phi) is 4.89. The fourth-order valence-electron chi connectivity index (χ4n) is 3.39. The third-order valence-corrected chi connectivity index (χ3v) is 5.28. The first-order valence-corrected chi connectivity index (χ1v) is 9.43. The number of nitrogens with two attached hydrogens (primary N) is 1. The molecule has 0 atom stereocenters. The van der Waals surface area contributed by atoms with Crippen molar-refractivity contribution in [3.63, 3.8) is 0 Å². The van der Waals surface area contributed by atoms with E-state index in [1.165, 1.54) is 12.1 Å². The lowest BCUT2D eigenvalue weighted by Gasteiger charge is -2.10. The van der Waals surface area contributed by atoms with Crippen LogP contribution in [0.15, 0.2) is 61.7 Å². The Morgan fingerprint density at radius 2 is 1.84 bits per heavy atom. The standard InChI is InChI=1S/C22H16ClF3N4O/c1-12(21(27)31)15-7-16-17(19-10-29(2)11-28-19)9-30(20(16)8-18(15)23)14-5-3-13(4-6-14)22(24,25)26/h3-11H,1H2,2H3,(H2,27,31). The summed E-state index contributed by atoms with van der Waals surface area (Å²) in [6.45, 7) is 3.70. The Morgan fingerprint density at radius 1 is 1.16 bits per heavy atom. The Hall–Kier alpha value is -3.52. The van der Waals surface area contributed by atoms with Crippen LogP contribution in [-0.4, -0.2) is 20.0 Å². The maximum absolute atomic E-state index is 13.0. The third-order valence-electron chi connectivity index (χ3n) is 4.97. The number of carbonyl (C=O) groups is 1. The summed E-state index contributed by atoms with van der Waals surface area (Å²) in [6.07, 6.45) is 0.783. The van der Waals surface area contributed by atoms with Crippen LogP contribution < -0.4 is 5.73 Å². The Balaban J connectivity index is 1.97. The van der Waals surface area contributed by atoms with E-state index in [1.807, 2.05) is 13.2 Å². The zero-order valence-electron chi connectivity index (χ0n) is 16.2. The lowest BCUT2D eigenvalue weighted by atomic mass is 10.0. The van der Waals surface area contributed by atoms with Gasteiger partial charge < -0.3 is 14.9 Å². The maximum atomic E-state index is 13.0. The SMILES string of the molecule is C=C(C(N)=O)c1cc2c(-c3cn(C)cn3)cn(-c3ccc(C(F)(F)F)cc3)c2cc1Cl. The van der Waals surface area contributed by atoms with Gasteiger partial charge in [-0.05, 0) is 36.4 Å². The summed E-state index contributed by atoms with van der Waals surface area (Å²) < 4.78 is 42.4. The van der Waals surface area contributed by atoms with Gasteiger partial charge in [-0.15, -0.1) is 0 Å². The molecule has 4 rings (SSSR count). The second-order valence-electron chi connectivity index (χ2n) is 7.07. The number of fused-ring (bicyclic) bond motifs is 1. The molecular weight excluding hydrogens is 429 g/mol. The first kappa shape index (κ1) is 20.7. The highest BCUT2D eigenvalue weighted by Crippen LogP contribution is 2.37. The summed E-state index contributed by atoms with van der Waals surface area (Å²) in [5.74, 6) is -0.706. The van der Waals surface area contributed by atoms with E-state index in [0.29, 0.717) is 33.4 Å². The zero-order valence-corrected chi connectivity index (χ0v) is 17.0. The summed E-state index contributed by atoms with van der Waals surface area (Å²) in [4.78, 5) is 16.0. The van der Waals surface area contributed by atoms with Gasteiger partial charge in [-0.3, -0.25) is 4.79 Å². The molecule has 2 aromatic heterocycles. The number of aryl methyl sites for hydroxylation is 1. The molecule has 0 radical (unpaired) electrons. The number of aromatic nitrogens is 3. The number of imidazole rings is 1. The molecule has 2 aromatic carbocycles. The smallest absolute Gasteiger partial charge is 0.366 e. The van der Waals surface area contributed by atoms with Crippen LogP contribution in [0.4, 0.5) is 13.2 Å². The van der Waals surface area contributed by atoms with Crippen molar-refractivity contribution in [2.24, 2.45) is 12.8 Å². The number of carbonyl (C=O) groups excluding carboxylic acids is 1. The molecule has 9 heteroatoms. The highest BCUT2D eigenvalue weighted by atomic mass is 35.5. The number of rotatable bonds is 4. The predicted molar refractivity (Wildman–Crippen MR) is 114 cm³/mol. The van der Waals surface area contributed by atoms with Crippen LogP contribution in [-0.2, 0) is 18.0 Å². The van der Waals surface area contributed by atoms with Crippen LogP contribution in [0.5, 0.6) is 0 Å². The number of primary amides is 1. The fourth-order valence-corrected chi connectivity index (χ4v) is 3.66. The zero-order chi connectivity index (χ0) is 22.5. The van der Waals surface area contributed by atoms with E-state index >= 15 is 0 Å². The van der Waals surface area contributed by atoms with E-state index in [9.17, 15) is 18.0 Å². The van der Waals surface area contributed by atoms with E-state index in [-0.39, 0.29) is 10.6 Å². The lowest BCUT2D eigenvalue weighted by molar-refractivity contribution is -0.137. The minimum Gasteiger partial charge on any atom is -0.366 e. The molecule has 0 aliphatic carbocycles. The van der Waals surface area contributed by atoms with Crippen LogP contribution in [0.2, 0.25) is 5.02 Å². The number of benzene rings is 2. The Labute approximate surface area is 180 Å². The number of amides is 1. The average Bonchev–Trinajstić information content (AvgIpc) is 3.29. The van der Waals surface area contributed by atoms with Crippen molar-refractivity contribution in [2.75, 3.05) is 0 Å². The normalized spacial score (nSPS) is 11.8. The summed E-state index contributed by atoms with van der Waals surface area (Å²) in [6, 6.07) is 8.13. The van der Waals surface area contributed by atoms with Crippen LogP contribution in [0.1, 0.15) is 11.1 Å². The highest BCUT2D eigenvalue weighted by Gasteiger charge is 2.30. The number of halogens is 4. The second-order valence-corrected chi connectivity index (χ2v) is 7.48. The van der Waals surface area contributed by atoms with Gasteiger partial charge in [-0.1, -0.05) is 18.2 Å². The molecule has 0 unspecified atom stereocenters. The van der Waals surface area contributed by atoms with Crippen molar-refractivity contribution in [2.45, 2.75) is 6.18 Å². The predicted octanol–water partition coefficient (Wildman–Crippen LogP) is 5.20. The van der Waals surface area contributed by atoms with Gasteiger partial charge in [0.15, 0.2) is 0 Å². The van der Waals surface area contributed by atoms with Crippen molar-refractivity contribution in [3.8, 4) is 16.9 Å². The van der Waals surface area contributed by atoms with Gasteiger partial charge in [0, 0.05) is 47.2 Å². The molecule has 0 saturated carbocycles. The van der Waals surface area contributed by atoms with Crippen molar-refractivity contribution >= 4 is 34.0 Å². The largest absolute Gasteiger partial charge is 0.416 e. The molecule has 158 valence electrons. The summed E-state index contributed by atoms with van der Waals surface area (Å²) in [5, 5.41) is 0.940. The number of hydrogen-bond donors (Lipinski definition) is 1. The molecule has 0 aliphatic rings. The Bertz CT molecular complexity index is 1330. The van der Waals surface area contributed by atoms with Crippen molar-refractivity contribution in [3.05, 3.63) is 77.8 Å². The fraction of sp³-hybridized carbons (Fsp3) is 0.0909. The van der Waals surface area contributed by atoms with Gasteiger partial charge >= 0.3 is 6.18 Å². The number of alkyl halides is 3. The van der Waals surface area contributed by atoms with E-state index in [2.05, 4.69) is 11.6 Å². The summed E-state index contributed by atoms with van der Waals surface area (Å²) in [7, 11) is 1.82. The summed E-state index contributed by atoms with van der Waals surface area (Å²) in [5.41, 5.74) is 7.57. The lowest BCUT2D eigenvalue weighted by Crippen LogP contribution is -2.12. The monoisotopic (exact) mass is 444 g/mol. The molecule has 0 fully saturated rings. The molecule has 5 nitrogen and oxygen atoms in total. The van der Waals surface area contributed by atoms with Gasteiger partial charge in [0.25, 0.3) is 0 Å². The molecule has 2 N–H and O–H groups in total. The first-order chi connectivity index (χ1) is 14.6. The van der Waals surface area contributed by atoms with Gasteiger partial charge in [0.1, 0.15) is 0 Å². The van der Waals surface area contributed by atoms with E-state index < -0.39 is 17.6 Å². The van der Waals surface area contributed by atoms with E-state index in [0.717, 1.165) is 12.1 Å². The second kappa shape index (κ2) is 7.31. The summed E-state index contributed by atoms with van der Waals surface area (Å²) >= 11 is 6.40. The van der Waals surface area contributed by atoms with E-state index in [1.54, 1.807) is 33.8 Å². The molecule has 31 heavy (non-hydrogen) atoms. The van der Waals surface area contributed by atoms with Crippen LogP contribution in [0, 0.1) is 0 Å². The number of nitrogens with zero attached hydrogens (tertiary/aromatic N) is 3. The highest BCUT2D eigenvalue weighted by molar-refractivity contribution is 6.35. The molecule has 4 aromatic rings. The first-order valence-electron chi connectivity index (χ1n) is 9.06. The van der Waals surface area contributed by atoms with Gasteiger partial charge in [-0.25, -0.2) is 4.98 Å². The van der Waals surface area contributed by atoms with Crippen molar-refractivity contribution in [1.82, 2.24) is 14.1 Å². The molecule has 1 amide bonds. The minimum absolute atomic E-state index is 0.0566. The van der Waals surface area contributed by atoms with Crippen LogP contribution in [0.3, 0.4) is 0 Å². The molecular formula is C22H16ClF3N4O. The number of hydrogen-bond acceptors (Lipinski definition) is 2. The Morgan fingerprint density at radius 3 is 2.39 bits per heavy atom. The molecule has 0 aliphatic heterocycles. The quantitative estimate of drug-likeness (QED) is 0.439. The van der Waals surface area contributed by atoms with Gasteiger partial charge in [-0.2, -0.15) is 13.2 Å². The van der Waals surface area contributed by atoms with Crippen LogP contribution in [0.25, 0.3) is 33.4 Å². The van der Waals surface area contributed by atoms with Crippen molar-refractivity contribution < 1.29 is 18.0 Å². The molecule has 0 bridgehead atoms.